The summed E-state index contributed by atoms with van der Waals surface area (Å²) in [6.45, 7) is 0. The van der Waals surface area contributed by atoms with Gasteiger partial charge in [-0.05, 0) is 35.9 Å². The minimum absolute atomic E-state index is 0.0823. The number of rotatable bonds is 4. The zero-order valence-electron chi connectivity index (χ0n) is 10.5. The topological polar surface area (TPSA) is 52.3 Å². The fraction of sp³-hybridized carbons (Fsp3) is 0.125. The highest BCUT2D eigenvalue weighted by Gasteiger charge is 2.10. The van der Waals surface area contributed by atoms with E-state index in [1.807, 2.05) is 42.5 Å². The first kappa shape index (κ1) is 11.8. The Balaban J connectivity index is 1.83. The SMILES string of the molecule is NC(Cc1ccco1)c1cccc(-c2ccco2)c1. The lowest BCUT2D eigenvalue weighted by Gasteiger charge is -2.11. The molecule has 3 nitrogen and oxygen atoms in total. The van der Waals surface area contributed by atoms with Gasteiger partial charge in [-0.15, -0.1) is 0 Å². The number of nitrogens with two attached hydrogens (primary N) is 1. The maximum atomic E-state index is 6.22. The normalized spacial score (nSPS) is 12.5. The molecule has 0 saturated carbocycles. The van der Waals surface area contributed by atoms with Gasteiger partial charge in [0.25, 0.3) is 0 Å². The molecular formula is C16H15NO2. The maximum absolute atomic E-state index is 6.22. The summed E-state index contributed by atoms with van der Waals surface area (Å²) >= 11 is 0. The summed E-state index contributed by atoms with van der Waals surface area (Å²) < 4.78 is 10.7. The van der Waals surface area contributed by atoms with E-state index in [1.54, 1.807) is 12.5 Å². The Kier molecular flexibility index (Phi) is 3.21. The van der Waals surface area contributed by atoms with Gasteiger partial charge in [0.15, 0.2) is 0 Å². The first-order valence-corrected chi connectivity index (χ1v) is 6.25. The molecule has 3 rings (SSSR count). The van der Waals surface area contributed by atoms with Crippen LogP contribution in [0.5, 0.6) is 0 Å². The summed E-state index contributed by atoms with van der Waals surface area (Å²) in [5, 5.41) is 0. The van der Waals surface area contributed by atoms with Gasteiger partial charge in [-0.1, -0.05) is 18.2 Å². The molecule has 19 heavy (non-hydrogen) atoms. The van der Waals surface area contributed by atoms with Gasteiger partial charge in [-0.25, -0.2) is 0 Å². The molecule has 1 unspecified atom stereocenters. The molecule has 0 aliphatic heterocycles. The fourth-order valence-corrected chi connectivity index (χ4v) is 2.13. The average Bonchev–Trinajstić information content (AvgIpc) is 3.12. The van der Waals surface area contributed by atoms with Crippen molar-refractivity contribution in [3.05, 3.63) is 72.4 Å². The zero-order valence-corrected chi connectivity index (χ0v) is 10.5. The van der Waals surface area contributed by atoms with Crippen molar-refractivity contribution in [1.29, 1.82) is 0 Å². The molecule has 0 fully saturated rings. The minimum Gasteiger partial charge on any atom is -0.469 e. The molecule has 2 N–H and O–H groups in total. The molecule has 1 atom stereocenters. The molecule has 0 saturated heterocycles. The molecule has 3 heteroatoms. The monoisotopic (exact) mass is 253 g/mol. The Labute approximate surface area is 111 Å². The van der Waals surface area contributed by atoms with Gasteiger partial charge in [0.1, 0.15) is 11.5 Å². The Morgan fingerprint density at radius 3 is 2.53 bits per heavy atom. The highest BCUT2D eigenvalue weighted by molar-refractivity contribution is 5.58. The van der Waals surface area contributed by atoms with Crippen molar-refractivity contribution in [3.63, 3.8) is 0 Å². The van der Waals surface area contributed by atoms with E-state index in [2.05, 4.69) is 6.07 Å². The third-order valence-corrected chi connectivity index (χ3v) is 3.12. The van der Waals surface area contributed by atoms with Crippen LogP contribution in [-0.2, 0) is 6.42 Å². The lowest BCUT2D eigenvalue weighted by atomic mass is 10.0. The van der Waals surface area contributed by atoms with Gasteiger partial charge in [0, 0.05) is 18.0 Å². The van der Waals surface area contributed by atoms with Crippen molar-refractivity contribution >= 4 is 0 Å². The summed E-state index contributed by atoms with van der Waals surface area (Å²) in [7, 11) is 0. The van der Waals surface area contributed by atoms with E-state index in [9.17, 15) is 0 Å². The van der Waals surface area contributed by atoms with Crippen LogP contribution in [0, 0.1) is 0 Å². The Hall–Kier alpha value is -2.26. The van der Waals surface area contributed by atoms with E-state index in [-0.39, 0.29) is 6.04 Å². The van der Waals surface area contributed by atoms with Crippen molar-refractivity contribution in [1.82, 2.24) is 0 Å². The summed E-state index contributed by atoms with van der Waals surface area (Å²) in [6.07, 6.45) is 4.03. The number of hydrogen-bond donors (Lipinski definition) is 1. The predicted octanol–water partition coefficient (Wildman–Crippen LogP) is 3.78. The van der Waals surface area contributed by atoms with Gasteiger partial charge in [0.2, 0.25) is 0 Å². The van der Waals surface area contributed by atoms with Crippen LogP contribution < -0.4 is 5.73 Å². The molecule has 3 aromatic rings. The number of benzene rings is 1. The van der Waals surface area contributed by atoms with Crippen LogP contribution in [-0.4, -0.2) is 0 Å². The Bertz CT molecular complexity index is 627. The van der Waals surface area contributed by atoms with E-state index in [1.165, 1.54) is 0 Å². The van der Waals surface area contributed by atoms with Crippen LogP contribution in [0.15, 0.2) is 69.9 Å². The van der Waals surface area contributed by atoms with Crippen LogP contribution in [0.2, 0.25) is 0 Å². The van der Waals surface area contributed by atoms with Crippen LogP contribution in [0.3, 0.4) is 0 Å². The molecule has 0 amide bonds. The third kappa shape index (κ3) is 2.61. The second-order valence-electron chi connectivity index (χ2n) is 4.49. The lowest BCUT2D eigenvalue weighted by Crippen LogP contribution is -2.12. The third-order valence-electron chi connectivity index (χ3n) is 3.12. The van der Waals surface area contributed by atoms with Crippen LogP contribution in [0.1, 0.15) is 17.4 Å². The van der Waals surface area contributed by atoms with Gasteiger partial charge in [-0.2, -0.15) is 0 Å². The highest BCUT2D eigenvalue weighted by atomic mass is 16.3. The molecule has 0 spiro atoms. The van der Waals surface area contributed by atoms with Crippen molar-refractivity contribution < 1.29 is 8.83 Å². The highest BCUT2D eigenvalue weighted by Crippen LogP contribution is 2.24. The molecule has 0 aliphatic rings. The van der Waals surface area contributed by atoms with Crippen LogP contribution in [0.4, 0.5) is 0 Å². The molecule has 2 aromatic heterocycles. The maximum Gasteiger partial charge on any atom is 0.133 e. The van der Waals surface area contributed by atoms with E-state index in [0.717, 1.165) is 22.6 Å². The number of hydrogen-bond acceptors (Lipinski definition) is 3. The van der Waals surface area contributed by atoms with Gasteiger partial charge in [-0.3, -0.25) is 0 Å². The van der Waals surface area contributed by atoms with Gasteiger partial charge in [0.05, 0.1) is 12.5 Å². The van der Waals surface area contributed by atoms with E-state index >= 15 is 0 Å². The molecule has 1 aromatic carbocycles. The zero-order chi connectivity index (χ0) is 13.1. The molecule has 0 aliphatic carbocycles. The van der Waals surface area contributed by atoms with Gasteiger partial charge >= 0.3 is 0 Å². The predicted molar refractivity (Wildman–Crippen MR) is 73.5 cm³/mol. The fourth-order valence-electron chi connectivity index (χ4n) is 2.13. The van der Waals surface area contributed by atoms with Crippen molar-refractivity contribution in [2.45, 2.75) is 12.5 Å². The van der Waals surface area contributed by atoms with E-state index in [0.29, 0.717) is 6.42 Å². The van der Waals surface area contributed by atoms with Gasteiger partial charge < -0.3 is 14.6 Å². The summed E-state index contributed by atoms with van der Waals surface area (Å²) in [5.41, 5.74) is 8.33. The van der Waals surface area contributed by atoms with Crippen molar-refractivity contribution in [2.24, 2.45) is 5.73 Å². The van der Waals surface area contributed by atoms with Crippen LogP contribution in [0.25, 0.3) is 11.3 Å². The lowest BCUT2D eigenvalue weighted by molar-refractivity contribution is 0.488. The van der Waals surface area contributed by atoms with E-state index < -0.39 is 0 Å². The second-order valence-corrected chi connectivity index (χ2v) is 4.49. The minimum atomic E-state index is -0.0823. The summed E-state index contributed by atoms with van der Waals surface area (Å²) in [5.74, 6) is 1.75. The molecule has 0 bridgehead atoms. The number of furan rings is 2. The van der Waals surface area contributed by atoms with E-state index in [4.69, 9.17) is 14.6 Å². The Morgan fingerprint density at radius 1 is 0.947 bits per heavy atom. The van der Waals surface area contributed by atoms with Crippen molar-refractivity contribution in [2.75, 3.05) is 0 Å². The summed E-state index contributed by atoms with van der Waals surface area (Å²) in [4.78, 5) is 0. The quantitative estimate of drug-likeness (QED) is 0.769. The molecule has 96 valence electrons. The van der Waals surface area contributed by atoms with Crippen molar-refractivity contribution in [3.8, 4) is 11.3 Å². The first-order valence-electron chi connectivity index (χ1n) is 6.25. The smallest absolute Gasteiger partial charge is 0.133 e. The van der Waals surface area contributed by atoms with Crippen LogP contribution >= 0.6 is 0 Å². The average molecular weight is 253 g/mol. The molecule has 0 radical (unpaired) electrons. The molecule has 2 heterocycles. The first-order chi connectivity index (χ1) is 9.33. The Morgan fingerprint density at radius 2 is 1.79 bits per heavy atom. The largest absolute Gasteiger partial charge is 0.469 e. The summed E-state index contributed by atoms with van der Waals surface area (Å²) in [6, 6.07) is 15.7. The molecular weight excluding hydrogens is 238 g/mol. The standard InChI is InChI=1S/C16H15NO2/c17-15(11-14-6-2-8-18-14)12-4-1-5-13(10-12)16-7-3-9-19-16/h1-10,15H,11,17H2. The second kappa shape index (κ2) is 5.16.